The summed E-state index contributed by atoms with van der Waals surface area (Å²) >= 11 is 0. The first-order chi connectivity index (χ1) is 8.27. The number of hydrogen-bond acceptors (Lipinski definition) is 3. The predicted molar refractivity (Wildman–Crippen MR) is 67.6 cm³/mol. The van der Waals surface area contributed by atoms with Crippen molar-refractivity contribution in [1.82, 2.24) is 14.4 Å². The van der Waals surface area contributed by atoms with Crippen LogP contribution in [-0.4, -0.2) is 14.4 Å². The summed E-state index contributed by atoms with van der Waals surface area (Å²) in [6.07, 6.45) is 5.41. The number of hydrogen-bond donors (Lipinski definition) is 1. The van der Waals surface area contributed by atoms with Crippen LogP contribution in [0.5, 0.6) is 0 Å². The van der Waals surface area contributed by atoms with E-state index in [1.165, 1.54) is 0 Å². The average molecular weight is 224 g/mol. The number of rotatable bonds is 1. The van der Waals surface area contributed by atoms with Gasteiger partial charge in [-0.15, -0.1) is 0 Å². The molecule has 4 heteroatoms. The minimum Gasteiger partial charge on any atom is -0.383 e. The fourth-order valence-electron chi connectivity index (χ4n) is 1.94. The Morgan fingerprint density at radius 3 is 2.65 bits per heavy atom. The lowest BCUT2D eigenvalue weighted by Crippen LogP contribution is -1.94. The second-order valence-corrected chi connectivity index (χ2v) is 3.97. The van der Waals surface area contributed by atoms with E-state index in [1.807, 2.05) is 41.8 Å². The Morgan fingerprint density at radius 2 is 1.94 bits per heavy atom. The molecule has 0 aliphatic heterocycles. The smallest absolute Gasteiger partial charge is 0.142 e. The number of nitrogens with two attached hydrogens (primary N) is 1. The monoisotopic (exact) mass is 224 g/mol. The van der Waals surface area contributed by atoms with Crippen LogP contribution in [0.3, 0.4) is 0 Å². The lowest BCUT2D eigenvalue weighted by Gasteiger charge is -1.98. The fraction of sp³-hybridized carbons (Fsp3) is 0.0769. The van der Waals surface area contributed by atoms with Gasteiger partial charge in [0.2, 0.25) is 0 Å². The molecule has 0 bridgehead atoms. The summed E-state index contributed by atoms with van der Waals surface area (Å²) in [7, 11) is 0. The van der Waals surface area contributed by atoms with E-state index in [1.54, 1.807) is 12.4 Å². The first kappa shape index (κ1) is 9.84. The molecule has 3 heterocycles. The molecule has 0 aromatic carbocycles. The zero-order valence-electron chi connectivity index (χ0n) is 9.46. The van der Waals surface area contributed by atoms with Crippen molar-refractivity contribution in [2.24, 2.45) is 0 Å². The van der Waals surface area contributed by atoms with Crippen LogP contribution >= 0.6 is 0 Å². The maximum atomic E-state index is 6.12. The molecule has 0 unspecified atom stereocenters. The molecule has 17 heavy (non-hydrogen) atoms. The van der Waals surface area contributed by atoms with E-state index < -0.39 is 0 Å². The number of pyridine rings is 2. The number of aromatic nitrogens is 3. The van der Waals surface area contributed by atoms with Gasteiger partial charge in [0.15, 0.2) is 0 Å². The number of nitrogens with zero attached hydrogens (tertiary/aromatic N) is 3. The molecule has 0 spiro atoms. The van der Waals surface area contributed by atoms with Crippen LogP contribution in [-0.2, 0) is 0 Å². The normalized spacial score (nSPS) is 10.9. The standard InChI is InChI=1S/C13H12N4/c1-9-3-2-8-17-12(14)11(16-13(9)17)10-4-6-15-7-5-10/h2-8H,14H2,1H3. The third-order valence-electron chi connectivity index (χ3n) is 2.84. The molecule has 0 aliphatic rings. The molecule has 3 aromatic rings. The summed E-state index contributed by atoms with van der Waals surface area (Å²) in [5.74, 6) is 0.662. The van der Waals surface area contributed by atoms with Crippen molar-refractivity contribution in [3.05, 3.63) is 48.4 Å². The molecule has 2 N–H and O–H groups in total. The summed E-state index contributed by atoms with van der Waals surface area (Å²) in [4.78, 5) is 8.59. The van der Waals surface area contributed by atoms with Crippen LogP contribution in [0, 0.1) is 6.92 Å². The second-order valence-electron chi connectivity index (χ2n) is 3.97. The molecular formula is C13H12N4. The Kier molecular flexibility index (Phi) is 2.08. The summed E-state index contributed by atoms with van der Waals surface area (Å²) in [6, 6.07) is 7.82. The van der Waals surface area contributed by atoms with Gasteiger partial charge in [-0.05, 0) is 30.7 Å². The summed E-state index contributed by atoms with van der Waals surface area (Å²) in [5.41, 5.74) is 9.92. The van der Waals surface area contributed by atoms with Gasteiger partial charge in [0, 0.05) is 24.2 Å². The number of fused-ring (bicyclic) bond motifs is 1. The molecule has 0 amide bonds. The molecule has 4 nitrogen and oxygen atoms in total. The molecule has 0 saturated carbocycles. The third kappa shape index (κ3) is 1.45. The van der Waals surface area contributed by atoms with Crippen molar-refractivity contribution in [1.29, 1.82) is 0 Å². The van der Waals surface area contributed by atoms with Gasteiger partial charge >= 0.3 is 0 Å². The van der Waals surface area contributed by atoms with Gasteiger partial charge in [-0.3, -0.25) is 9.38 Å². The minimum absolute atomic E-state index is 0.662. The second kappa shape index (κ2) is 3.59. The van der Waals surface area contributed by atoms with Gasteiger partial charge in [0.1, 0.15) is 17.2 Å². The first-order valence-corrected chi connectivity index (χ1v) is 5.41. The van der Waals surface area contributed by atoms with Crippen molar-refractivity contribution in [3.8, 4) is 11.3 Å². The van der Waals surface area contributed by atoms with Crippen molar-refractivity contribution < 1.29 is 0 Å². The van der Waals surface area contributed by atoms with E-state index >= 15 is 0 Å². The van der Waals surface area contributed by atoms with E-state index in [9.17, 15) is 0 Å². The minimum atomic E-state index is 0.662. The van der Waals surface area contributed by atoms with Crippen LogP contribution in [0.15, 0.2) is 42.9 Å². The zero-order chi connectivity index (χ0) is 11.8. The van der Waals surface area contributed by atoms with E-state index in [0.717, 1.165) is 22.5 Å². The Labute approximate surface area is 98.8 Å². The highest BCUT2D eigenvalue weighted by Crippen LogP contribution is 2.26. The zero-order valence-corrected chi connectivity index (χ0v) is 9.46. The van der Waals surface area contributed by atoms with Crippen molar-refractivity contribution in [2.45, 2.75) is 6.92 Å². The lowest BCUT2D eigenvalue weighted by atomic mass is 10.2. The van der Waals surface area contributed by atoms with Crippen molar-refractivity contribution >= 4 is 11.5 Å². The number of aryl methyl sites for hydroxylation is 1. The lowest BCUT2D eigenvalue weighted by molar-refractivity contribution is 1.17. The molecule has 3 rings (SSSR count). The molecular weight excluding hydrogens is 212 g/mol. The van der Waals surface area contributed by atoms with Gasteiger partial charge in [-0.2, -0.15) is 0 Å². The van der Waals surface area contributed by atoms with Gasteiger partial charge in [-0.1, -0.05) is 6.07 Å². The first-order valence-electron chi connectivity index (χ1n) is 5.41. The molecule has 0 aliphatic carbocycles. The van der Waals surface area contributed by atoms with E-state index in [4.69, 9.17) is 5.73 Å². The van der Waals surface area contributed by atoms with Gasteiger partial charge < -0.3 is 5.73 Å². The van der Waals surface area contributed by atoms with Gasteiger partial charge in [0.05, 0.1) is 0 Å². The summed E-state index contributed by atoms with van der Waals surface area (Å²) < 4.78 is 1.91. The highest BCUT2D eigenvalue weighted by molar-refractivity contribution is 5.75. The Morgan fingerprint density at radius 1 is 1.18 bits per heavy atom. The third-order valence-corrected chi connectivity index (χ3v) is 2.84. The van der Waals surface area contributed by atoms with Crippen LogP contribution in [0.1, 0.15) is 5.56 Å². The van der Waals surface area contributed by atoms with E-state index in [2.05, 4.69) is 9.97 Å². The molecule has 0 saturated heterocycles. The fourth-order valence-corrected chi connectivity index (χ4v) is 1.94. The van der Waals surface area contributed by atoms with Gasteiger partial charge in [0.25, 0.3) is 0 Å². The van der Waals surface area contributed by atoms with Crippen LogP contribution in [0.25, 0.3) is 16.9 Å². The largest absolute Gasteiger partial charge is 0.383 e. The summed E-state index contributed by atoms with van der Waals surface area (Å²) in [6.45, 7) is 2.03. The topological polar surface area (TPSA) is 56.2 Å². The number of anilines is 1. The molecule has 0 fully saturated rings. The SMILES string of the molecule is Cc1cccn2c(N)c(-c3ccncc3)nc12. The van der Waals surface area contributed by atoms with E-state index in [0.29, 0.717) is 5.82 Å². The van der Waals surface area contributed by atoms with Crippen LogP contribution < -0.4 is 5.73 Å². The number of imidazole rings is 1. The maximum absolute atomic E-state index is 6.12. The van der Waals surface area contributed by atoms with Crippen LogP contribution in [0.4, 0.5) is 5.82 Å². The van der Waals surface area contributed by atoms with Gasteiger partial charge in [-0.25, -0.2) is 4.98 Å². The maximum Gasteiger partial charge on any atom is 0.142 e. The van der Waals surface area contributed by atoms with Crippen LogP contribution in [0.2, 0.25) is 0 Å². The van der Waals surface area contributed by atoms with Crippen molar-refractivity contribution in [3.63, 3.8) is 0 Å². The molecule has 0 radical (unpaired) electrons. The highest BCUT2D eigenvalue weighted by Gasteiger charge is 2.11. The predicted octanol–water partition coefficient (Wildman–Crippen LogP) is 2.29. The van der Waals surface area contributed by atoms with Crippen molar-refractivity contribution in [2.75, 3.05) is 5.73 Å². The quantitative estimate of drug-likeness (QED) is 0.690. The summed E-state index contributed by atoms with van der Waals surface area (Å²) in [5, 5.41) is 0. The molecule has 0 atom stereocenters. The highest BCUT2D eigenvalue weighted by atomic mass is 15.1. The Hall–Kier alpha value is -2.36. The Balaban J connectivity index is 2.32. The number of nitrogen functional groups attached to an aromatic ring is 1. The Bertz CT molecular complexity index is 670. The molecule has 84 valence electrons. The molecule has 3 aromatic heterocycles. The average Bonchev–Trinajstić information content (AvgIpc) is 2.70. The van der Waals surface area contributed by atoms with E-state index in [-0.39, 0.29) is 0 Å².